The molecule has 2 aromatic carbocycles. The zero-order chi connectivity index (χ0) is 20.9. The molecule has 0 N–H and O–H groups in total. The molecule has 0 spiro atoms. The smallest absolute Gasteiger partial charge is 0.266 e. The number of amides is 1. The van der Waals surface area contributed by atoms with Crippen LogP contribution in [0.15, 0.2) is 76.2 Å². The Morgan fingerprint density at radius 2 is 1.93 bits per heavy atom. The zero-order valence-electron chi connectivity index (χ0n) is 16.2. The van der Waals surface area contributed by atoms with Gasteiger partial charge >= 0.3 is 0 Å². The zero-order valence-corrected chi connectivity index (χ0v) is 17.9. The Bertz CT molecular complexity index is 1080. The van der Waals surface area contributed by atoms with Crippen LogP contribution >= 0.6 is 24.0 Å². The number of ether oxygens (including phenoxy) is 2. The quantitative estimate of drug-likeness (QED) is 0.371. The molecule has 1 fully saturated rings. The van der Waals surface area contributed by atoms with E-state index in [2.05, 4.69) is 0 Å². The first-order valence-corrected chi connectivity index (χ1v) is 10.5. The number of thiocarbonyl (C=S) groups is 1. The molecule has 2 heterocycles. The van der Waals surface area contributed by atoms with Crippen molar-refractivity contribution >= 4 is 40.3 Å². The second kappa shape index (κ2) is 9.19. The van der Waals surface area contributed by atoms with Crippen LogP contribution in [0.1, 0.15) is 16.9 Å². The molecule has 0 saturated carbocycles. The Kier molecular flexibility index (Phi) is 6.21. The summed E-state index contributed by atoms with van der Waals surface area (Å²) in [5.41, 5.74) is 1.90. The van der Waals surface area contributed by atoms with E-state index in [9.17, 15) is 4.79 Å². The lowest BCUT2D eigenvalue weighted by Crippen LogP contribution is -2.27. The number of carbonyl (C=O) groups is 1. The second-order valence-electron chi connectivity index (χ2n) is 6.53. The molecule has 1 saturated heterocycles. The summed E-state index contributed by atoms with van der Waals surface area (Å²) in [5, 5.41) is 0. The maximum atomic E-state index is 12.8. The maximum Gasteiger partial charge on any atom is 0.266 e. The number of hydrogen-bond acceptors (Lipinski definition) is 6. The summed E-state index contributed by atoms with van der Waals surface area (Å²) < 4.78 is 17.2. The van der Waals surface area contributed by atoms with Crippen LogP contribution in [0.4, 0.5) is 0 Å². The molecule has 7 heteroatoms. The van der Waals surface area contributed by atoms with E-state index in [0.29, 0.717) is 39.6 Å². The van der Waals surface area contributed by atoms with Gasteiger partial charge < -0.3 is 13.9 Å². The van der Waals surface area contributed by atoms with Crippen molar-refractivity contribution < 1.29 is 18.7 Å². The lowest BCUT2D eigenvalue weighted by atomic mass is 10.1. The van der Waals surface area contributed by atoms with E-state index in [1.165, 1.54) is 11.8 Å². The molecule has 1 aliphatic rings. The SMILES string of the molecule is COc1cc(/C=C2\SC(=S)N(Cc3ccco3)C2=O)ccc1OCc1ccccc1. The van der Waals surface area contributed by atoms with E-state index < -0.39 is 0 Å². The summed E-state index contributed by atoms with van der Waals surface area (Å²) in [5.74, 6) is 1.80. The van der Waals surface area contributed by atoms with Crippen molar-refractivity contribution in [2.75, 3.05) is 7.11 Å². The monoisotopic (exact) mass is 437 g/mol. The molecule has 1 amide bonds. The minimum Gasteiger partial charge on any atom is -0.493 e. The van der Waals surface area contributed by atoms with Crippen LogP contribution in [0, 0.1) is 0 Å². The molecule has 1 aromatic heterocycles. The van der Waals surface area contributed by atoms with Gasteiger partial charge in [-0.1, -0.05) is 60.4 Å². The van der Waals surface area contributed by atoms with Crippen LogP contribution in [0.5, 0.6) is 11.5 Å². The first kappa shape index (κ1) is 20.3. The van der Waals surface area contributed by atoms with Crippen molar-refractivity contribution in [3.8, 4) is 11.5 Å². The molecule has 0 radical (unpaired) electrons. The third-order valence-electron chi connectivity index (χ3n) is 4.49. The van der Waals surface area contributed by atoms with Crippen molar-refractivity contribution in [2.45, 2.75) is 13.2 Å². The molecule has 0 unspecified atom stereocenters. The van der Waals surface area contributed by atoms with Gasteiger partial charge in [-0.2, -0.15) is 0 Å². The standard InChI is InChI=1S/C23H19NO4S2/c1-26-20-12-17(9-10-19(20)28-15-16-6-3-2-4-7-16)13-21-22(25)24(23(29)30-21)14-18-8-5-11-27-18/h2-13H,14-15H2,1H3/b21-13-. The molecule has 0 atom stereocenters. The summed E-state index contributed by atoms with van der Waals surface area (Å²) >= 11 is 6.65. The highest BCUT2D eigenvalue weighted by molar-refractivity contribution is 8.26. The predicted molar refractivity (Wildman–Crippen MR) is 121 cm³/mol. The molecule has 1 aliphatic heterocycles. The average Bonchev–Trinajstić information content (AvgIpc) is 3.37. The van der Waals surface area contributed by atoms with Gasteiger partial charge in [-0.05, 0) is 41.5 Å². The van der Waals surface area contributed by atoms with Crippen molar-refractivity contribution in [3.05, 3.63) is 88.7 Å². The molecule has 152 valence electrons. The largest absolute Gasteiger partial charge is 0.493 e. The molecule has 0 aliphatic carbocycles. The van der Waals surface area contributed by atoms with Crippen molar-refractivity contribution in [1.82, 2.24) is 4.90 Å². The normalized spacial score (nSPS) is 15.1. The number of furan rings is 1. The van der Waals surface area contributed by atoms with Crippen molar-refractivity contribution in [1.29, 1.82) is 0 Å². The summed E-state index contributed by atoms with van der Waals surface area (Å²) in [6, 6.07) is 19.1. The van der Waals surface area contributed by atoms with Gasteiger partial charge in [-0.15, -0.1) is 0 Å². The van der Waals surface area contributed by atoms with Gasteiger partial charge in [-0.3, -0.25) is 9.69 Å². The number of thioether (sulfide) groups is 1. The summed E-state index contributed by atoms with van der Waals surface area (Å²) in [6.45, 7) is 0.770. The van der Waals surface area contributed by atoms with Gasteiger partial charge in [0.1, 0.15) is 16.7 Å². The van der Waals surface area contributed by atoms with Crippen molar-refractivity contribution in [3.63, 3.8) is 0 Å². The number of benzene rings is 2. The molecule has 30 heavy (non-hydrogen) atoms. The van der Waals surface area contributed by atoms with Crippen LogP contribution in [-0.4, -0.2) is 22.2 Å². The highest BCUT2D eigenvalue weighted by atomic mass is 32.2. The molecular formula is C23H19NO4S2. The van der Waals surface area contributed by atoms with Gasteiger partial charge in [0.15, 0.2) is 11.5 Å². The number of methoxy groups -OCH3 is 1. The van der Waals surface area contributed by atoms with Gasteiger partial charge in [0.2, 0.25) is 0 Å². The lowest BCUT2D eigenvalue weighted by Gasteiger charge is -2.12. The highest BCUT2D eigenvalue weighted by Crippen LogP contribution is 2.35. The Labute approximate surface area is 184 Å². The Hall–Kier alpha value is -3.03. The van der Waals surface area contributed by atoms with Gasteiger partial charge in [0.05, 0.1) is 24.8 Å². The minimum absolute atomic E-state index is 0.134. The van der Waals surface area contributed by atoms with Crippen LogP contribution < -0.4 is 9.47 Å². The fraction of sp³-hybridized carbons (Fsp3) is 0.130. The molecule has 3 aromatic rings. The van der Waals surface area contributed by atoms with E-state index >= 15 is 0 Å². The second-order valence-corrected chi connectivity index (χ2v) is 8.21. The Morgan fingerprint density at radius 3 is 2.67 bits per heavy atom. The lowest BCUT2D eigenvalue weighted by molar-refractivity contribution is -0.122. The van der Waals surface area contributed by atoms with Crippen LogP contribution in [0.3, 0.4) is 0 Å². The number of carbonyl (C=O) groups excluding carboxylic acids is 1. The van der Waals surface area contributed by atoms with Gasteiger partial charge in [0.25, 0.3) is 5.91 Å². The maximum absolute atomic E-state index is 12.8. The Balaban J connectivity index is 1.49. The van der Waals surface area contributed by atoms with E-state index in [1.54, 1.807) is 24.3 Å². The van der Waals surface area contributed by atoms with Crippen LogP contribution in [-0.2, 0) is 17.9 Å². The fourth-order valence-electron chi connectivity index (χ4n) is 2.97. The number of nitrogens with zero attached hydrogens (tertiary/aromatic N) is 1. The van der Waals surface area contributed by atoms with Crippen molar-refractivity contribution in [2.24, 2.45) is 0 Å². The van der Waals surface area contributed by atoms with Crippen LogP contribution in [0.2, 0.25) is 0 Å². The summed E-state index contributed by atoms with van der Waals surface area (Å²) in [4.78, 5) is 14.9. The summed E-state index contributed by atoms with van der Waals surface area (Å²) in [7, 11) is 1.59. The third-order valence-corrected chi connectivity index (χ3v) is 5.87. The Morgan fingerprint density at radius 1 is 1.10 bits per heavy atom. The first-order chi connectivity index (χ1) is 14.6. The predicted octanol–water partition coefficient (Wildman–Crippen LogP) is 5.27. The van der Waals surface area contributed by atoms with Gasteiger partial charge in [-0.25, -0.2) is 0 Å². The number of rotatable bonds is 7. The molecular weight excluding hydrogens is 418 g/mol. The van der Waals surface area contributed by atoms with E-state index in [-0.39, 0.29) is 5.91 Å². The molecule has 5 nitrogen and oxygen atoms in total. The minimum atomic E-state index is -0.134. The van der Waals surface area contributed by atoms with Crippen LogP contribution in [0.25, 0.3) is 6.08 Å². The fourth-order valence-corrected chi connectivity index (χ4v) is 4.23. The van der Waals surface area contributed by atoms with Gasteiger partial charge in [0, 0.05) is 0 Å². The first-order valence-electron chi connectivity index (χ1n) is 9.26. The molecule has 4 rings (SSSR count). The van der Waals surface area contributed by atoms with E-state index in [4.69, 9.17) is 26.1 Å². The number of hydrogen-bond donors (Lipinski definition) is 0. The van der Waals surface area contributed by atoms with E-state index in [0.717, 1.165) is 11.1 Å². The molecule has 0 bridgehead atoms. The average molecular weight is 438 g/mol. The highest BCUT2D eigenvalue weighted by Gasteiger charge is 2.32. The van der Waals surface area contributed by atoms with E-state index in [1.807, 2.05) is 60.7 Å². The topological polar surface area (TPSA) is 51.9 Å². The third kappa shape index (κ3) is 4.58. The summed E-state index contributed by atoms with van der Waals surface area (Å²) in [6.07, 6.45) is 3.39.